The van der Waals surface area contributed by atoms with E-state index in [9.17, 15) is 22.8 Å². The molecule has 0 radical (unpaired) electrons. The highest BCUT2D eigenvalue weighted by Crippen LogP contribution is 2.32. The van der Waals surface area contributed by atoms with Crippen LogP contribution >= 0.6 is 23.2 Å². The number of ether oxygens (including phenoxy) is 1. The lowest BCUT2D eigenvalue weighted by molar-refractivity contribution is -0.141. The molecule has 0 saturated carbocycles. The highest BCUT2D eigenvalue weighted by molar-refractivity contribution is 7.90. The quantitative estimate of drug-likeness (QED) is 0.414. The molecule has 1 heterocycles. The molecule has 0 aliphatic carbocycles. The zero-order valence-electron chi connectivity index (χ0n) is 19.1. The summed E-state index contributed by atoms with van der Waals surface area (Å²) in [5.74, 6) is -2.05. The van der Waals surface area contributed by atoms with E-state index in [1.54, 1.807) is 36.7 Å². The third-order valence-corrected chi connectivity index (χ3v) is 7.50. The Morgan fingerprint density at radius 1 is 1.06 bits per heavy atom. The highest BCUT2D eigenvalue weighted by atomic mass is 35.5. The number of aryl methyl sites for hydroxylation is 1. The number of methoxy groups -OCH3 is 1. The number of anilines is 1. The SMILES string of the molecule is COC(=O)CC(C)CC(=O)NS(=O)(=O)c1ccc(NC(=O)c2cc3c(Cl)c(Cl)ccc3n2C)cc1. The van der Waals surface area contributed by atoms with Gasteiger partial charge in [-0.2, -0.15) is 0 Å². The number of aromatic nitrogens is 1. The van der Waals surface area contributed by atoms with Crippen LogP contribution in [0.2, 0.25) is 10.0 Å². The van der Waals surface area contributed by atoms with Crippen molar-refractivity contribution in [3.8, 4) is 0 Å². The van der Waals surface area contributed by atoms with Crippen molar-refractivity contribution < 1.29 is 27.5 Å². The van der Waals surface area contributed by atoms with Gasteiger partial charge in [-0.1, -0.05) is 30.1 Å². The molecule has 9 nitrogen and oxygen atoms in total. The molecule has 0 aliphatic rings. The Kier molecular flexibility index (Phi) is 8.09. The first kappa shape index (κ1) is 26.5. The minimum Gasteiger partial charge on any atom is -0.469 e. The summed E-state index contributed by atoms with van der Waals surface area (Å²) in [7, 11) is -1.18. The number of amides is 2. The second kappa shape index (κ2) is 10.7. The monoisotopic (exact) mass is 539 g/mol. The van der Waals surface area contributed by atoms with Crippen LogP contribution in [0.4, 0.5) is 5.69 Å². The first-order chi connectivity index (χ1) is 16.4. The number of hydrogen-bond acceptors (Lipinski definition) is 6. The Bertz CT molecular complexity index is 1400. The van der Waals surface area contributed by atoms with Crippen molar-refractivity contribution in [3.05, 3.63) is 58.2 Å². The number of fused-ring (bicyclic) bond motifs is 1. The Labute approximate surface area is 212 Å². The van der Waals surface area contributed by atoms with Crippen LogP contribution in [0.25, 0.3) is 10.9 Å². The molecule has 2 aromatic carbocycles. The van der Waals surface area contributed by atoms with Crippen molar-refractivity contribution >= 4 is 67.6 Å². The third kappa shape index (κ3) is 6.14. The van der Waals surface area contributed by atoms with Gasteiger partial charge in [-0.05, 0) is 48.4 Å². The minimum atomic E-state index is -4.13. The second-order valence-corrected chi connectivity index (χ2v) is 10.4. The van der Waals surface area contributed by atoms with Crippen molar-refractivity contribution in [2.75, 3.05) is 12.4 Å². The molecule has 186 valence electrons. The van der Waals surface area contributed by atoms with Crippen LogP contribution in [0.15, 0.2) is 47.4 Å². The zero-order chi connectivity index (χ0) is 25.9. The highest BCUT2D eigenvalue weighted by Gasteiger charge is 2.21. The maximum atomic E-state index is 12.8. The van der Waals surface area contributed by atoms with Crippen molar-refractivity contribution in [2.45, 2.75) is 24.7 Å². The molecule has 2 amide bonds. The fraction of sp³-hybridized carbons (Fsp3) is 0.261. The lowest BCUT2D eigenvalue weighted by Crippen LogP contribution is -2.31. The first-order valence-corrected chi connectivity index (χ1v) is 12.6. The molecule has 0 fully saturated rings. The lowest BCUT2D eigenvalue weighted by Gasteiger charge is -2.11. The second-order valence-electron chi connectivity index (χ2n) is 7.98. The van der Waals surface area contributed by atoms with Gasteiger partial charge < -0.3 is 14.6 Å². The number of esters is 1. The van der Waals surface area contributed by atoms with Crippen LogP contribution in [-0.4, -0.2) is 37.9 Å². The van der Waals surface area contributed by atoms with Crippen molar-refractivity contribution in [2.24, 2.45) is 13.0 Å². The average Bonchev–Trinajstić information content (AvgIpc) is 3.13. The van der Waals surface area contributed by atoms with Crippen LogP contribution < -0.4 is 10.0 Å². The predicted octanol–water partition coefficient (Wildman–Crippen LogP) is 4.13. The van der Waals surface area contributed by atoms with E-state index in [2.05, 4.69) is 10.1 Å². The summed E-state index contributed by atoms with van der Waals surface area (Å²) >= 11 is 12.3. The standard InChI is InChI=1S/C23H23Cl2N3O6S/c1-13(11-21(30)34-3)10-20(29)27-35(32,33)15-6-4-14(5-7-15)26-23(31)19-12-16-18(28(19)2)9-8-17(24)22(16)25/h4-9,12-13H,10-11H2,1-3H3,(H,26,31)(H,27,29). The molecule has 2 N–H and O–H groups in total. The molecule has 3 aromatic rings. The number of carbonyl (C=O) groups is 3. The Balaban J connectivity index is 1.68. The van der Waals surface area contributed by atoms with Crippen LogP contribution in [0.1, 0.15) is 30.3 Å². The molecule has 1 unspecified atom stereocenters. The number of rotatable bonds is 8. The molecular weight excluding hydrogens is 517 g/mol. The number of nitrogens with one attached hydrogen (secondary N) is 2. The third-order valence-electron chi connectivity index (χ3n) is 5.29. The summed E-state index contributed by atoms with van der Waals surface area (Å²) in [6.07, 6.45) is -0.170. The van der Waals surface area contributed by atoms with Crippen molar-refractivity contribution in [1.29, 1.82) is 0 Å². The molecule has 0 aliphatic heterocycles. The maximum Gasteiger partial charge on any atom is 0.305 e. The molecule has 0 saturated heterocycles. The van der Waals surface area contributed by atoms with E-state index in [-0.39, 0.29) is 17.7 Å². The van der Waals surface area contributed by atoms with E-state index < -0.39 is 33.7 Å². The molecule has 12 heteroatoms. The van der Waals surface area contributed by atoms with E-state index in [1.165, 1.54) is 31.4 Å². The molecule has 1 atom stereocenters. The van der Waals surface area contributed by atoms with Gasteiger partial charge in [0.15, 0.2) is 0 Å². The average molecular weight is 540 g/mol. The van der Waals surface area contributed by atoms with Crippen LogP contribution in [-0.2, 0) is 31.4 Å². The van der Waals surface area contributed by atoms with Crippen molar-refractivity contribution in [1.82, 2.24) is 9.29 Å². The van der Waals surface area contributed by atoms with Gasteiger partial charge >= 0.3 is 5.97 Å². The lowest BCUT2D eigenvalue weighted by atomic mass is 10.0. The molecule has 35 heavy (non-hydrogen) atoms. The summed E-state index contributed by atoms with van der Waals surface area (Å²) in [6, 6.07) is 10.4. The summed E-state index contributed by atoms with van der Waals surface area (Å²) < 4.78 is 33.2. The zero-order valence-corrected chi connectivity index (χ0v) is 21.4. The normalized spacial score (nSPS) is 12.3. The molecular formula is C23H23Cl2N3O6S. The number of halogens is 2. The summed E-state index contributed by atoms with van der Waals surface area (Å²) in [5, 5.41) is 4.05. The van der Waals surface area contributed by atoms with Crippen molar-refractivity contribution in [3.63, 3.8) is 0 Å². The number of hydrogen-bond donors (Lipinski definition) is 2. The Morgan fingerprint density at radius 2 is 1.71 bits per heavy atom. The summed E-state index contributed by atoms with van der Waals surface area (Å²) in [6.45, 7) is 1.64. The van der Waals surface area contributed by atoms with Gasteiger partial charge in [0.1, 0.15) is 5.69 Å². The number of benzene rings is 2. The number of nitrogens with zero attached hydrogens (tertiary/aromatic N) is 1. The summed E-state index contributed by atoms with van der Waals surface area (Å²) in [4.78, 5) is 36.1. The van der Waals surface area contributed by atoms with Gasteiger partial charge in [0.2, 0.25) is 5.91 Å². The molecule has 0 spiro atoms. The largest absolute Gasteiger partial charge is 0.469 e. The fourth-order valence-electron chi connectivity index (χ4n) is 3.49. The van der Waals surface area contributed by atoms with E-state index >= 15 is 0 Å². The van der Waals surface area contributed by atoms with Gasteiger partial charge in [0.25, 0.3) is 15.9 Å². The van der Waals surface area contributed by atoms with Gasteiger partial charge in [0, 0.05) is 36.5 Å². The first-order valence-electron chi connectivity index (χ1n) is 10.4. The van der Waals surface area contributed by atoms with E-state index in [0.29, 0.717) is 26.8 Å². The Morgan fingerprint density at radius 3 is 2.34 bits per heavy atom. The Hall–Kier alpha value is -3.08. The summed E-state index contributed by atoms with van der Waals surface area (Å²) in [5.41, 5.74) is 1.40. The number of sulfonamides is 1. The van der Waals surface area contributed by atoms with Crippen LogP contribution in [0, 0.1) is 5.92 Å². The topological polar surface area (TPSA) is 124 Å². The smallest absolute Gasteiger partial charge is 0.305 e. The molecule has 1 aromatic heterocycles. The van der Waals surface area contributed by atoms with E-state index in [4.69, 9.17) is 23.2 Å². The predicted molar refractivity (Wildman–Crippen MR) is 133 cm³/mol. The van der Waals surface area contributed by atoms with Gasteiger partial charge in [-0.3, -0.25) is 14.4 Å². The minimum absolute atomic E-state index is 0.00564. The number of carbonyl (C=O) groups excluding carboxylic acids is 3. The van der Waals surface area contributed by atoms with Crippen LogP contribution in [0.5, 0.6) is 0 Å². The molecule has 0 bridgehead atoms. The van der Waals surface area contributed by atoms with Gasteiger partial charge in [0.05, 0.1) is 22.1 Å². The van der Waals surface area contributed by atoms with E-state index in [0.717, 1.165) is 5.52 Å². The van der Waals surface area contributed by atoms with Gasteiger partial charge in [-0.15, -0.1) is 0 Å². The molecule has 3 rings (SSSR count). The van der Waals surface area contributed by atoms with Gasteiger partial charge in [-0.25, -0.2) is 13.1 Å². The van der Waals surface area contributed by atoms with Crippen LogP contribution in [0.3, 0.4) is 0 Å². The fourth-order valence-corrected chi connectivity index (χ4v) is 4.86. The van der Waals surface area contributed by atoms with E-state index in [1.807, 2.05) is 4.72 Å². The maximum absolute atomic E-state index is 12.8.